The molecule has 0 radical (unpaired) electrons. The van der Waals surface area contributed by atoms with Gasteiger partial charge in [0.15, 0.2) is 11.2 Å². The van der Waals surface area contributed by atoms with Crippen LogP contribution in [0.15, 0.2) is 30.6 Å². The smallest absolute Gasteiger partial charge is 0.417 e. The van der Waals surface area contributed by atoms with Crippen LogP contribution in [0.1, 0.15) is 53.9 Å². The molecule has 0 spiro atoms. The number of esters is 1. The van der Waals surface area contributed by atoms with Crippen molar-refractivity contribution in [3.05, 3.63) is 40.7 Å². The lowest BCUT2D eigenvalue weighted by molar-refractivity contribution is -0.384. The number of rotatable bonds is 11. The number of nitro groups is 1. The molecule has 3 aromatic rings. The maximum Gasteiger partial charge on any atom is 0.417 e. The fourth-order valence-corrected chi connectivity index (χ4v) is 3.42. The second kappa shape index (κ2) is 12.3. The predicted molar refractivity (Wildman–Crippen MR) is 138 cm³/mol. The van der Waals surface area contributed by atoms with Gasteiger partial charge >= 0.3 is 12.1 Å². The quantitative estimate of drug-likeness (QED) is 0.143. The first-order valence-electron chi connectivity index (χ1n) is 12.3. The maximum atomic E-state index is 13.2. The van der Waals surface area contributed by atoms with Crippen LogP contribution in [0.2, 0.25) is 0 Å². The number of nitro benzene ring substituents is 1. The number of nitrogens with zero attached hydrogens (tertiary/aromatic N) is 6. The summed E-state index contributed by atoms with van der Waals surface area (Å²) in [5, 5.41) is 11.0. The molecule has 0 atom stereocenters. The summed E-state index contributed by atoms with van der Waals surface area (Å²) in [5.74, 6) is -0.219. The lowest BCUT2D eigenvalue weighted by atomic mass is 10.2. The van der Waals surface area contributed by atoms with Crippen molar-refractivity contribution < 1.29 is 28.7 Å². The topological polar surface area (TPSA) is 152 Å². The van der Waals surface area contributed by atoms with Gasteiger partial charge in [-0.2, -0.15) is 9.97 Å². The van der Waals surface area contributed by atoms with Crippen molar-refractivity contribution >= 4 is 34.9 Å². The van der Waals surface area contributed by atoms with Gasteiger partial charge in [-0.05, 0) is 46.2 Å². The lowest BCUT2D eigenvalue weighted by Gasteiger charge is -2.26. The third kappa shape index (κ3) is 7.37. The lowest BCUT2D eigenvalue weighted by Crippen LogP contribution is -2.38. The summed E-state index contributed by atoms with van der Waals surface area (Å²) in [5.41, 5.74) is -0.386. The Hall–Kier alpha value is -4.29. The Morgan fingerprint density at radius 3 is 2.42 bits per heavy atom. The fourth-order valence-electron chi connectivity index (χ4n) is 3.42. The highest BCUT2D eigenvalue weighted by molar-refractivity contribution is 5.88. The number of anilines is 1. The van der Waals surface area contributed by atoms with E-state index in [2.05, 4.69) is 15.0 Å². The Kier molecular flexibility index (Phi) is 9.16. The third-order valence-corrected chi connectivity index (χ3v) is 5.13. The van der Waals surface area contributed by atoms with Crippen molar-refractivity contribution in [2.75, 3.05) is 18.1 Å². The van der Waals surface area contributed by atoms with E-state index < -0.39 is 22.6 Å². The van der Waals surface area contributed by atoms with E-state index in [1.54, 1.807) is 27.7 Å². The Morgan fingerprint density at radius 2 is 1.82 bits per heavy atom. The number of carbonyl (C=O) groups excluding carboxylic acids is 2. The highest BCUT2D eigenvalue weighted by atomic mass is 16.6. The zero-order chi connectivity index (χ0) is 27.9. The third-order valence-electron chi connectivity index (χ3n) is 5.13. The van der Waals surface area contributed by atoms with Crippen LogP contribution in [-0.2, 0) is 20.8 Å². The molecule has 0 saturated carbocycles. The summed E-state index contributed by atoms with van der Waals surface area (Å²) in [6.45, 7) is 9.37. The normalized spacial score (nSPS) is 11.3. The van der Waals surface area contributed by atoms with E-state index in [4.69, 9.17) is 14.2 Å². The molecule has 0 aliphatic rings. The predicted octanol–water partition coefficient (Wildman–Crippen LogP) is 5.02. The van der Waals surface area contributed by atoms with Crippen LogP contribution in [0.3, 0.4) is 0 Å². The molecule has 0 aliphatic carbocycles. The number of amides is 1. The van der Waals surface area contributed by atoms with Crippen LogP contribution in [0, 0.1) is 10.1 Å². The Bertz CT molecular complexity index is 1280. The van der Waals surface area contributed by atoms with Crippen LogP contribution in [0.4, 0.5) is 16.4 Å². The van der Waals surface area contributed by atoms with Crippen molar-refractivity contribution in [2.24, 2.45) is 0 Å². The zero-order valence-corrected chi connectivity index (χ0v) is 22.2. The standard InChI is InChI=1S/C25H32N6O7/c1-6-8-9-14-30(24(33)38-25(3,4)5)23-27-21-20(26-16-29(21)15-19(32)36-7-2)22(28-23)37-18-12-10-17(11-13-18)31(34)35/h10-13,16H,6-9,14-15H2,1-5H3. The summed E-state index contributed by atoms with van der Waals surface area (Å²) in [4.78, 5) is 50.5. The van der Waals surface area contributed by atoms with Gasteiger partial charge in [0.25, 0.3) is 11.6 Å². The second-order valence-corrected chi connectivity index (χ2v) is 9.37. The number of aromatic nitrogens is 4. The number of unbranched alkanes of at least 4 members (excludes halogenated alkanes) is 2. The number of hydrogen-bond acceptors (Lipinski definition) is 10. The molecule has 0 unspecified atom stereocenters. The molecule has 0 saturated heterocycles. The van der Waals surface area contributed by atoms with E-state index in [1.807, 2.05) is 6.92 Å². The molecule has 3 rings (SSSR count). The average molecular weight is 529 g/mol. The van der Waals surface area contributed by atoms with E-state index in [-0.39, 0.29) is 54.1 Å². The SMILES string of the molecule is CCCCCN(C(=O)OC(C)(C)C)c1nc(Oc2ccc([N+](=O)[O-])cc2)c2ncn(CC(=O)OCC)c2n1. The fraction of sp³-hybridized carbons (Fsp3) is 0.480. The van der Waals surface area contributed by atoms with Crippen molar-refractivity contribution in [3.63, 3.8) is 0 Å². The van der Waals surface area contributed by atoms with E-state index in [9.17, 15) is 19.7 Å². The molecule has 204 valence electrons. The molecule has 1 aromatic carbocycles. The first kappa shape index (κ1) is 28.3. The van der Waals surface area contributed by atoms with Gasteiger partial charge < -0.3 is 18.8 Å². The molecule has 13 nitrogen and oxygen atoms in total. The van der Waals surface area contributed by atoms with Gasteiger partial charge in [-0.25, -0.2) is 14.7 Å². The molecule has 0 fully saturated rings. The van der Waals surface area contributed by atoms with Crippen LogP contribution < -0.4 is 9.64 Å². The number of carbonyl (C=O) groups is 2. The van der Waals surface area contributed by atoms with Crippen molar-refractivity contribution in [2.45, 2.75) is 66.0 Å². The number of imidazole rings is 1. The van der Waals surface area contributed by atoms with Gasteiger partial charge in [0.05, 0.1) is 17.9 Å². The van der Waals surface area contributed by atoms with E-state index in [1.165, 1.54) is 40.1 Å². The van der Waals surface area contributed by atoms with Crippen molar-refractivity contribution in [1.29, 1.82) is 0 Å². The summed E-state index contributed by atoms with van der Waals surface area (Å²) >= 11 is 0. The number of non-ortho nitro benzene ring substituents is 1. The summed E-state index contributed by atoms with van der Waals surface area (Å²) < 4.78 is 18.1. The number of hydrogen-bond donors (Lipinski definition) is 0. The van der Waals surface area contributed by atoms with E-state index >= 15 is 0 Å². The van der Waals surface area contributed by atoms with Gasteiger partial charge in [0.2, 0.25) is 5.95 Å². The zero-order valence-electron chi connectivity index (χ0n) is 22.2. The largest absolute Gasteiger partial charge is 0.465 e. The Balaban J connectivity index is 2.10. The second-order valence-electron chi connectivity index (χ2n) is 9.37. The minimum absolute atomic E-state index is 0.00498. The van der Waals surface area contributed by atoms with Crippen molar-refractivity contribution in [3.8, 4) is 11.6 Å². The molecule has 0 aliphatic heterocycles. The molecule has 2 aromatic heterocycles. The number of fused-ring (bicyclic) bond motifs is 1. The molecule has 38 heavy (non-hydrogen) atoms. The van der Waals surface area contributed by atoms with Gasteiger partial charge in [-0.3, -0.25) is 14.9 Å². The molecule has 0 N–H and O–H groups in total. The number of benzene rings is 1. The Morgan fingerprint density at radius 1 is 1.11 bits per heavy atom. The molecular weight excluding hydrogens is 496 g/mol. The molecule has 0 bridgehead atoms. The van der Waals surface area contributed by atoms with E-state index in [0.717, 1.165) is 12.8 Å². The molecule has 13 heteroatoms. The van der Waals surface area contributed by atoms with Crippen LogP contribution in [0.5, 0.6) is 11.6 Å². The van der Waals surface area contributed by atoms with Crippen LogP contribution >= 0.6 is 0 Å². The van der Waals surface area contributed by atoms with Gasteiger partial charge in [0.1, 0.15) is 17.9 Å². The van der Waals surface area contributed by atoms with Crippen molar-refractivity contribution in [1.82, 2.24) is 19.5 Å². The first-order valence-corrected chi connectivity index (χ1v) is 12.3. The monoisotopic (exact) mass is 528 g/mol. The van der Waals surface area contributed by atoms with Crippen LogP contribution in [-0.4, -0.2) is 55.3 Å². The van der Waals surface area contributed by atoms with Gasteiger partial charge in [0, 0.05) is 18.7 Å². The highest BCUT2D eigenvalue weighted by Gasteiger charge is 2.28. The molecule has 1 amide bonds. The first-order chi connectivity index (χ1) is 18.0. The summed E-state index contributed by atoms with van der Waals surface area (Å²) in [6, 6.07) is 5.44. The maximum absolute atomic E-state index is 13.2. The number of ether oxygens (including phenoxy) is 3. The Labute approximate surface area is 219 Å². The van der Waals surface area contributed by atoms with Gasteiger partial charge in [-0.15, -0.1) is 0 Å². The molecular formula is C25H32N6O7. The van der Waals surface area contributed by atoms with E-state index in [0.29, 0.717) is 6.42 Å². The highest BCUT2D eigenvalue weighted by Crippen LogP contribution is 2.30. The molecule has 2 heterocycles. The summed E-state index contributed by atoms with van der Waals surface area (Å²) in [6.07, 6.45) is 3.25. The van der Waals surface area contributed by atoms with Gasteiger partial charge in [-0.1, -0.05) is 19.8 Å². The summed E-state index contributed by atoms with van der Waals surface area (Å²) in [7, 11) is 0. The van der Waals surface area contributed by atoms with Crippen LogP contribution in [0.25, 0.3) is 11.2 Å². The minimum Gasteiger partial charge on any atom is -0.465 e. The average Bonchev–Trinajstić information content (AvgIpc) is 3.24. The minimum atomic E-state index is -0.756.